The summed E-state index contributed by atoms with van der Waals surface area (Å²) in [5, 5.41) is 0. The van der Waals surface area contributed by atoms with Gasteiger partial charge >= 0.3 is 6.18 Å². The fourth-order valence-corrected chi connectivity index (χ4v) is 2.69. The van der Waals surface area contributed by atoms with Crippen LogP contribution in [0.25, 0.3) is 0 Å². The van der Waals surface area contributed by atoms with Crippen LogP contribution in [0.4, 0.5) is 13.2 Å². The van der Waals surface area contributed by atoms with Crippen LogP contribution in [0.1, 0.15) is 28.8 Å². The van der Waals surface area contributed by atoms with Gasteiger partial charge in [0.1, 0.15) is 6.04 Å². The number of benzene rings is 1. The molecule has 1 fully saturated rings. The Morgan fingerprint density at radius 1 is 1.41 bits per heavy atom. The molecule has 0 spiro atoms. The van der Waals surface area contributed by atoms with E-state index in [1.165, 1.54) is 13.2 Å². The zero-order valence-electron chi connectivity index (χ0n) is 12.3. The SMILES string of the molecule is COCc1cccc(C(=O)N2CC(N)CCC2C(F)(F)F)c1. The summed E-state index contributed by atoms with van der Waals surface area (Å²) in [6.45, 7) is 0.209. The second-order valence-corrected chi connectivity index (χ2v) is 5.49. The summed E-state index contributed by atoms with van der Waals surface area (Å²) in [6.07, 6.45) is -4.34. The van der Waals surface area contributed by atoms with E-state index in [2.05, 4.69) is 0 Å². The smallest absolute Gasteiger partial charge is 0.380 e. The number of rotatable bonds is 3. The Kier molecular flexibility index (Phi) is 5.08. The molecule has 1 amide bonds. The van der Waals surface area contributed by atoms with Crippen molar-refractivity contribution >= 4 is 5.91 Å². The number of methoxy groups -OCH3 is 1. The van der Waals surface area contributed by atoms with Gasteiger partial charge in [-0.15, -0.1) is 0 Å². The second-order valence-electron chi connectivity index (χ2n) is 5.49. The molecule has 1 aromatic rings. The fraction of sp³-hybridized carbons (Fsp3) is 0.533. The van der Waals surface area contributed by atoms with Crippen molar-refractivity contribution in [3.63, 3.8) is 0 Å². The molecule has 2 rings (SSSR count). The van der Waals surface area contributed by atoms with Crippen LogP contribution in [0, 0.1) is 0 Å². The standard InChI is InChI=1S/C15H19F3N2O2/c1-22-9-10-3-2-4-11(7-10)14(21)20-8-12(19)5-6-13(20)15(16,17)18/h2-4,7,12-13H,5-6,8-9,19H2,1H3. The van der Waals surface area contributed by atoms with Gasteiger partial charge in [0.05, 0.1) is 6.61 Å². The number of amides is 1. The van der Waals surface area contributed by atoms with Crippen molar-refractivity contribution in [2.45, 2.75) is 37.7 Å². The topological polar surface area (TPSA) is 55.6 Å². The first-order valence-electron chi connectivity index (χ1n) is 7.04. The van der Waals surface area contributed by atoms with Crippen molar-refractivity contribution in [2.75, 3.05) is 13.7 Å². The first-order valence-corrected chi connectivity index (χ1v) is 7.04. The quantitative estimate of drug-likeness (QED) is 0.931. The molecule has 1 aromatic carbocycles. The van der Waals surface area contributed by atoms with Crippen LogP contribution < -0.4 is 5.73 Å². The van der Waals surface area contributed by atoms with E-state index in [1.54, 1.807) is 18.2 Å². The van der Waals surface area contributed by atoms with Crippen molar-refractivity contribution < 1.29 is 22.7 Å². The van der Waals surface area contributed by atoms with Gasteiger partial charge in [0.25, 0.3) is 5.91 Å². The number of hydrogen-bond acceptors (Lipinski definition) is 3. The minimum atomic E-state index is -4.44. The van der Waals surface area contributed by atoms with Gasteiger partial charge in [-0.2, -0.15) is 13.2 Å². The Morgan fingerprint density at radius 3 is 2.77 bits per heavy atom. The molecule has 122 valence electrons. The highest BCUT2D eigenvalue weighted by molar-refractivity contribution is 5.94. The molecule has 2 N–H and O–H groups in total. The summed E-state index contributed by atoms with van der Waals surface area (Å²) < 4.78 is 44.4. The second kappa shape index (κ2) is 6.66. The van der Waals surface area contributed by atoms with Crippen LogP contribution in [0.5, 0.6) is 0 Å². The van der Waals surface area contributed by atoms with E-state index < -0.39 is 24.2 Å². The first kappa shape index (κ1) is 16.8. The first-order chi connectivity index (χ1) is 10.3. The largest absolute Gasteiger partial charge is 0.408 e. The monoisotopic (exact) mass is 316 g/mol. The van der Waals surface area contributed by atoms with E-state index in [1.807, 2.05) is 0 Å². The predicted octanol–water partition coefficient (Wildman–Crippen LogP) is 2.33. The maximum absolute atomic E-state index is 13.1. The van der Waals surface area contributed by atoms with Gasteiger partial charge in [0, 0.05) is 25.3 Å². The van der Waals surface area contributed by atoms with E-state index >= 15 is 0 Å². The molecule has 1 aliphatic heterocycles. The number of piperidine rings is 1. The lowest BCUT2D eigenvalue weighted by Gasteiger charge is -2.39. The molecule has 0 radical (unpaired) electrons. The molecule has 4 nitrogen and oxygen atoms in total. The van der Waals surface area contributed by atoms with E-state index in [9.17, 15) is 18.0 Å². The minimum Gasteiger partial charge on any atom is -0.380 e. The number of nitrogens with zero attached hydrogens (tertiary/aromatic N) is 1. The van der Waals surface area contributed by atoms with Gasteiger partial charge in [0.15, 0.2) is 0 Å². The number of alkyl halides is 3. The average molecular weight is 316 g/mol. The van der Waals surface area contributed by atoms with Crippen LogP contribution in [0.3, 0.4) is 0 Å². The molecule has 2 atom stereocenters. The third kappa shape index (κ3) is 3.78. The van der Waals surface area contributed by atoms with Crippen molar-refractivity contribution in [1.29, 1.82) is 0 Å². The molecule has 1 heterocycles. The van der Waals surface area contributed by atoms with Crippen LogP contribution in [-0.2, 0) is 11.3 Å². The third-order valence-corrected chi connectivity index (χ3v) is 3.74. The summed E-state index contributed by atoms with van der Waals surface area (Å²) in [7, 11) is 1.51. The summed E-state index contributed by atoms with van der Waals surface area (Å²) in [4.78, 5) is 13.3. The Hall–Kier alpha value is -1.60. The lowest BCUT2D eigenvalue weighted by molar-refractivity contribution is -0.184. The molecule has 7 heteroatoms. The van der Waals surface area contributed by atoms with Gasteiger partial charge in [0.2, 0.25) is 0 Å². The van der Waals surface area contributed by atoms with Crippen molar-refractivity contribution in [2.24, 2.45) is 5.73 Å². The Bertz CT molecular complexity index is 534. The Morgan fingerprint density at radius 2 is 2.14 bits per heavy atom. The predicted molar refractivity (Wildman–Crippen MR) is 75.2 cm³/mol. The van der Waals surface area contributed by atoms with Gasteiger partial charge in [-0.3, -0.25) is 4.79 Å². The average Bonchev–Trinajstić information content (AvgIpc) is 2.46. The molecule has 22 heavy (non-hydrogen) atoms. The summed E-state index contributed by atoms with van der Waals surface area (Å²) in [5.74, 6) is -0.643. The molecular formula is C15H19F3N2O2. The number of hydrogen-bond donors (Lipinski definition) is 1. The molecule has 0 aromatic heterocycles. The van der Waals surface area contributed by atoms with Gasteiger partial charge in [-0.25, -0.2) is 0 Å². The van der Waals surface area contributed by atoms with E-state index in [-0.39, 0.29) is 24.9 Å². The lowest BCUT2D eigenvalue weighted by Crippen LogP contribution is -2.56. The van der Waals surface area contributed by atoms with Crippen LogP contribution in [0.15, 0.2) is 24.3 Å². The van der Waals surface area contributed by atoms with E-state index in [4.69, 9.17) is 10.5 Å². The van der Waals surface area contributed by atoms with Crippen LogP contribution >= 0.6 is 0 Å². The van der Waals surface area contributed by atoms with Crippen LogP contribution in [0.2, 0.25) is 0 Å². The van der Waals surface area contributed by atoms with Crippen molar-refractivity contribution in [3.05, 3.63) is 35.4 Å². The highest BCUT2D eigenvalue weighted by Gasteiger charge is 2.47. The maximum Gasteiger partial charge on any atom is 0.408 e. The molecule has 1 aliphatic rings. The maximum atomic E-state index is 13.1. The van der Waals surface area contributed by atoms with Crippen LogP contribution in [-0.4, -0.2) is 42.7 Å². The van der Waals surface area contributed by atoms with Gasteiger partial charge in [-0.05, 0) is 30.5 Å². The lowest BCUT2D eigenvalue weighted by atomic mass is 9.97. The van der Waals surface area contributed by atoms with Gasteiger partial charge in [-0.1, -0.05) is 12.1 Å². The van der Waals surface area contributed by atoms with Gasteiger partial charge < -0.3 is 15.4 Å². The van der Waals surface area contributed by atoms with Crippen molar-refractivity contribution in [3.8, 4) is 0 Å². The number of likely N-dealkylation sites (tertiary alicyclic amines) is 1. The van der Waals surface area contributed by atoms with Crippen molar-refractivity contribution in [1.82, 2.24) is 4.90 Å². The number of ether oxygens (including phenoxy) is 1. The molecule has 2 unspecified atom stereocenters. The molecular weight excluding hydrogens is 297 g/mol. The molecule has 0 aliphatic carbocycles. The summed E-state index contributed by atoms with van der Waals surface area (Å²) in [5.41, 5.74) is 6.70. The number of carbonyl (C=O) groups is 1. The summed E-state index contributed by atoms with van der Waals surface area (Å²) in [6, 6.07) is 4.25. The summed E-state index contributed by atoms with van der Waals surface area (Å²) >= 11 is 0. The molecule has 1 saturated heterocycles. The zero-order valence-corrected chi connectivity index (χ0v) is 12.3. The zero-order chi connectivity index (χ0) is 16.3. The highest BCUT2D eigenvalue weighted by atomic mass is 19.4. The minimum absolute atomic E-state index is 0.0858. The molecule has 0 bridgehead atoms. The normalized spacial score (nSPS) is 22.7. The number of nitrogens with two attached hydrogens (primary N) is 1. The van der Waals surface area contributed by atoms with E-state index in [0.717, 1.165) is 10.5 Å². The number of carbonyl (C=O) groups excluding carboxylic acids is 1. The fourth-order valence-electron chi connectivity index (χ4n) is 2.69. The highest BCUT2D eigenvalue weighted by Crippen LogP contribution is 2.32. The third-order valence-electron chi connectivity index (χ3n) is 3.74. The van der Waals surface area contributed by atoms with E-state index in [0.29, 0.717) is 6.61 Å². The Balaban J connectivity index is 2.26. The number of halogens is 3. The Labute approximate surface area is 127 Å². The molecule has 0 saturated carbocycles.